The maximum absolute atomic E-state index is 13.8. The van der Waals surface area contributed by atoms with E-state index in [1.807, 2.05) is 0 Å². The largest absolute Gasteiger partial charge is 0.508 e. The van der Waals surface area contributed by atoms with Gasteiger partial charge < -0.3 is 31.5 Å². The van der Waals surface area contributed by atoms with Crippen molar-refractivity contribution < 1.29 is 34.8 Å². The third-order valence-electron chi connectivity index (χ3n) is 7.79. The highest BCUT2D eigenvalue weighted by Gasteiger charge is 2.64. The number of anilines is 1. The predicted octanol–water partition coefficient (Wildman–Crippen LogP) is 0.834. The molecule has 0 spiro atoms. The van der Waals surface area contributed by atoms with Crippen LogP contribution in [-0.4, -0.2) is 80.1 Å². The summed E-state index contributed by atoms with van der Waals surface area (Å²) in [6.07, 6.45) is 2.19. The van der Waals surface area contributed by atoms with Crippen molar-refractivity contribution in [3.05, 3.63) is 33.2 Å². The van der Waals surface area contributed by atoms with E-state index in [-0.39, 0.29) is 40.7 Å². The fourth-order valence-electron chi connectivity index (χ4n) is 5.84. The van der Waals surface area contributed by atoms with Crippen LogP contribution < -0.4 is 11.1 Å². The molecule has 7 N–H and O–H groups in total. The summed E-state index contributed by atoms with van der Waals surface area (Å²) >= 11 is 6.44. The Labute approximate surface area is 211 Å². The third-order valence-corrected chi connectivity index (χ3v) is 8.10. The first-order valence-corrected chi connectivity index (χ1v) is 12.1. The number of carbonyl (C=O) groups excluding carboxylic acids is 3. The highest BCUT2D eigenvalue weighted by atomic mass is 35.5. The number of hydrogen-bond acceptors (Lipinski definition) is 10. The number of hydrogen-bond donors (Lipinski definition) is 6. The molecule has 0 aliphatic heterocycles. The van der Waals surface area contributed by atoms with E-state index in [0.717, 1.165) is 12.8 Å². The minimum absolute atomic E-state index is 0.00939. The van der Waals surface area contributed by atoms with E-state index in [4.69, 9.17) is 17.3 Å². The monoisotopic (exact) mass is 518 g/mol. The van der Waals surface area contributed by atoms with Crippen LogP contribution in [0, 0.1) is 17.8 Å². The number of aliphatic hydroxyl groups is 3. The number of aromatic hydroxyl groups is 1. The minimum Gasteiger partial charge on any atom is -0.508 e. The van der Waals surface area contributed by atoms with Gasteiger partial charge in [0.05, 0.1) is 11.6 Å². The number of fused-ring (bicyclic) bond motifs is 3. The van der Waals surface area contributed by atoms with Gasteiger partial charge in [0.1, 0.15) is 22.2 Å². The number of aromatic nitrogens is 1. The second-order valence-electron chi connectivity index (χ2n) is 10.2. The van der Waals surface area contributed by atoms with Crippen molar-refractivity contribution in [1.29, 1.82) is 0 Å². The van der Waals surface area contributed by atoms with Crippen molar-refractivity contribution in [2.24, 2.45) is 23.5 Å². The second-order valence-corrected chi connectivity index (χ2v) is 10.6. The fourth-order valence-corrected chi connectivity index (χ4v) is 6.10. The van der Waals surface area contributed by atoms with E-state index in [2.05, 4.69) is 10.3 Å². The summed E-state index contributed by atoms with van der Waals surface area (Å²) in [6.45, 7) is 0.560. The van der Waals surface area contributed by atoms with Gasteiger partial charge in [-0.15, -0.1) is 0 Å². The summed E-state index contributed by atoms with van der Waals surface area (Å²) < 4.78 is 0. The molecule has 11 nitrogen and oxygen atoms in total. The van der Waals surface area contributed by atoms with Crippen molar-refractivity contribution in [1.82, 2.24) is 9.88 Å². The summed E-state index contributed by atoms with van der Waals surface area (Å²) in [5, 5.41) is 47.7. The maximum Gasteiger partial charge on any atom is 0.255 e. The molecule has 4 aliphatic carbocycles. The van der Waals surface area contributed by atoms with Gasteiger partial charge in [0.25, 0.3) is 5.91 Å². The van der Waals surface area contributed by atoms with Crippen molar-refractivity contribution in [2.75, 3.05) is 26.0 Å². The Balaban J connectivity index is 1.67. The number of ketones is 2. The SMILES string of the molecule is CN(C)[C@@H]1C(=O)C(C(N)=O)=C(O)[C@@]2(O)C(=O)C3=C(O)c4c(O)c(NCC5CC5)nc(Cl)c4C[C@H]3C[C@@H]12. The number of likely N-dealkylation sites (N-methyl/N-ethyl adjacent to an activating group) is 1. The molecule has 1 aromatic heterocycles. The maximum atomic E-state index is 13.8. The quantitative estimate of drug-likeness (QED) is 0.241. The highest BCUT2D eigenvalue weighted by molar-refractivity contribution is 6.31. The lowest BCUT2D eigenvalue weighted by Gasteiger charge is -2.50. The normalized spacial score (nSPS) is 29.8. The van der Waals surface area contributed by atoms with E-state index in [9.17, 15) is 34.8 Å². The summed E-state index contributed by atoms with van der Waals surface area (Å²) in [7, 11) is 3.09. The van der Waals surface area contributed by atoms with Crippen LogP contribution in [0.2, 0.25) is 5.15 Å². The first-order chi connectivity index (χ1) is 16.9. The van der Waals surface area contributed by atoms with Crippen LogP contribution in [0.25, 0.3) is 5.76 Å². The van der Waals surface area contributed by atoms with Crippen molar-refractivity contribution in [2.45, 2.75) is 37.3 Å². The van der Waals surface area contributed by atoms with E-state index >= 15 is 0 Å². The van der Waals surface area contributed by atoms with Crippen molar-refractivity contribution in [3.63, 3.8) is 0 Å². The Kier molecular flexibility index (Phi) is 5.58. The molecule has 1 heterocycles. The summed E-state index contributed by atoms with van der Waals surface area (Å²) in [6, 6.07) is -1.14. The number of nitrogens with zero attached hydrogens (tertiary/aromatic N) is 2. The molecule has 0 aromatic carbocycles. The number of amides is 1. The third kappa shape index (κ3) is 3.33. The molecule has 36 heavy (non-hydrogen) atoms. The standard InChI is InChI=1S/C24H27ClN4O7/c1-29(2)15-11-6-9-5-10-13(18(32)23(28-21(10)25)27-7-8-3-4-8)16(30)12(9)19(33)24(11,36)20(34)14(17(15)31)22(26)35/h8-9,11,15,30,32,34,36H,3-7H2,1-2H3,(H2,26,35)(H,27,28)/t9-,11-,15-,24-/m0/s1. The molecule has 0 unspecified atom stereocenters. The molecule has 4 atom stereocenters. The molecule has 5 rings (SSSR count). The predicted molar refractivity (Wildman–Crippen MR) is 128 cm³/mol. The second kappa shape index (κ2) is 8.19. The van der Waals surface area contributed by atoms with Crippen LogP contribution in [0.5, 0.6) is 5.75 Å². The molecule has 2 saturated carbocycles. The number of carbonyl (C=O) groups is 3. The first kappa shape index (κ1) is 24.5. The van der Waals surface area contributed by atoms with Gasteiger partial charge in [-0.25, -0.2) is 4.98 Å². The number of nitrogens with one attached hydrogen (secondary N) is 1. The summed E-state index contributed by atoms with van der Waals surface area (Å²) in [4.78, 5) is 44.6. The van der Waals surface area contributed by atoms with Gasteiger partial charge in [0, 0.05) is 23.6 Å². The molecule has 0 bridgehead atoms. The fraction of sp³-hybridized carbons (Fsp3) is 0.500. The first-order valence-electron chi connectivity index (χ1n) is 11.7. The number of nitrogens with two attached hydrogens (primary N) is 1. The Bertz CT molecular complexity index is 1290. The van der Waals surface area contributed by atoms with Gasteiger partial charge in [0.2, 0.25) is 5.78 Å². The number of aliphatic hydroxyl groups excluding tert-OH is 2. The molecule has 0 saturated heterocycles. The zero-order valence-corrected chi connectivity index (χ0v) is 20.5. The number of Topliss-reactive ketones (excluding diaryl/α,β-unsaturated/α-hetero) is 2. The number of rotatable bonds is 5. The molecule has 4 aliphatic rings. The van der Waals surface area contributed by atoms with Crippen LogP contribution in [0.15, 0.2) is 16.9 Å². The molecule has 192 valence electrons. The number of halogens is 1. The smallest absolute Gasteiger partial charge is 0.255 e. The van der Waals surface area contributed by atoms with Gasteiger partial charge in [-0.2, -0.15) is 0 Å². The molecule has 0 radical (unpaired) electrons. The molecule has 1 amide bonds. The van der Waals surface area contributed by atoms with Crippen molar-refractivity contribution >= 4 is 40.7 Å². The summed E-state index contributed by atoms with van der Waals surface area (Å²) in [5.41, 5.74) is 1.82. The highest BCUT2D eigenvalue weighted by Crippen LogP contribution is 2.53. The average molecular weight is 519 g/mol. The van der Waals surface area contributed by atoms with Gasteiger partial charge in [-0.1, -0.05) is 11.6 Å². The molecular weight excluding hydrogens is 492 g/mol. The van der Waals surface area contributed by atoms with Crippen LogP contribution in [-0.2, 0) is 20.8 Å². The molecule has 2 fully saturated rings. The number of primary amides is 1. The lowest BCUT2D eigenvalue weighted by atomic mass is 9.57. The van der Waals surface area contributed by atoms with Crippen LogP contribution >= 0.6 is 11.6 Å². The van der Waals surface area contributed by atoms with E-state index in [1.54, 1.807) is 14.1 Å². The van der Waals surface area contributed by atoms with Crippen LogP contribution in [0.1, 0.15) is 30.4 Å². The Morgan fingerprint density at radius 3 is 2.50 bits per heavy atom. The average Bonchev–Trinajstić information content (AvgIpc) is 3.61. The molecule has 1 aromatic rings. The van der Waals surface area contributed by atoms with Gasteiger partial charge in [-0.05, 0) is 51.6 Å². The zero-order chi connectivity index (χ0) is 26.3. The van der Waals surface area contributed by atoms with Gasteiger partial charge >= 0.3 is 0 Å². The molecule has 12 heteroatoms. The zero-order valence-electron chi connectivity index (χ0n) is 19.7. The summed E-state index contributed by atoms with van der Waals surface area (Å²) in [5.74, 6) is -6.57. The van der Waals surface area contributed by atoms with Crippen LogP contribution in [0.3, 0.4) is 0 Å². The van der Waals surface area contributed by atoms with E-state index < -0.39 is 58.0 Å². The number of pyridine rings is 1. The topological polar surface area (TPSA) is 186 Å². The van der Waals surface area contributed by atoms with Gasteiger partial charge in [0.15, 0.2) is 23.0 Å². The Hall–Kier alpha value is -3.15. The van der Waals surface area contributed by atoms with Crippen LogP contribution in [0.4, 0.5) is 5.82 Å². The minimum atomic E-state index is -2.68. The van der Waals surface area contributed by atoms with E-state index in [1.165, 1.54) is 4.90 Å². The van der Waals surface area contributed by atoms with Gasteiger partial charge in [-0.3, -0.25) is 19.3 Å². The Morgan fingerprint density at radius 1 is 1.25 bits per heavy atom. The Morgan fingerprint density at radius 2 is 1.92 bits per heavy atom. The van der Waals surface area contributed by atoms with Crippen molar-refractivity contribution in [3.8, 4) is 5.75 Å². The lowest BCUT2D eigenvalue weighted by molar-refractivity contribution is -0.153. The van der Waals surface area contributed by atoms with E-state index in [0.29, 0.717) is 18.0 Å². The molecular formula is C24H27ClN4O7. The lowest BCUT2D eigenvalue weighted by Crippen LogP contribution is -2.65.